The van der Waals surface area contributed by atoms with Crippen molar-refractivity contribution in [3.8, 4) is 5.75 Å². The Morgan fingerprint density at radius 1 is 1.47 bits per heavy atom. The Morgan fingerprint density at radius 3 is 3.00 bits per heavy atom. The second kappa shape index (κ2) is 4.94. The normalized spacial score (nSPS) is 21.3. The van der Waals surface area contributed by atoms with E-state index in [0.29, 0.717) is 10.2 Å². The van der Waals surface area contributed by atoms with Gasteiger partial charge >= 0.3 is 0 Å². The predicted molar refractivity (Wildman–Crippen MR) is 60.6 cm³/mol. The molecule has 1 N–H and O–H groups in total. The van der Waals surface area contributed by atoms with Crippen molar-refractivity contribution in [2.45, 2.75) is 18.9 Å². The summed E-state index contributed by atoms with van der Waals surface area (Å²) in [6.45, 7) is 1.90. The van der Waals surface area contributed by atoms with Crippen LogP contribution in [0.2, 0.25) is 0 Å². The molecule has 1 aliphatic heterocycles. The minimum Gasteiger partial charge on any atom is -0.489 e. The van der Waals surface area contributed by atoms with Crippen molar-refractivity contribution in [1.29, 1.82) is 0 Å². The van der Waals surface area contributed by atoms with Gasteiger partial charge in [-0.05, 0) is 47.4 Å². The van der Waals surface area contributed by atoms with Crippen LogP contribution >= 0.6 is 15.9 Å². The largest absolute Gasteiger partial charge is 0.489 e. The maximum absolute atomic E-state index is 13.2. The van der Waals surface area contributed by atoms with Gasteiger partial charge < -0.3 is 10.1 Å². The maximum Gasteiger partial charge on any atom is 0.141 e. The average molecular weight is 274 g/mol. The molecule has 0 saturated carbocycles. The second-order valence-corrected chi connectivity index (χ2v) is 4.52. The molecule has 1 aliphatic rings. The third kappa shape index (κ3) is 2.92. The number of piperidine rings is 1. The summed E-state index contributed by atoms with van der Waals surface area (Å²) < 4.78 is 19.3. The van der Waals surface area contributed by atoms with Crippen LogP contribution in [0.3, 0.4) is 0 Å². The molecule has 0 aromatic heterocycles. The standard InChI is InChI=1S/C11H13BrFNO/c12-10-4-3-8(6-11(10)13)15-9-2-1-5-14-7-9/h3-4,6,9,14H,1-2,5,7H2. The van der Waals surface area contributed by atoms with Gasteiger partial charge in [-0.15, -0.1) is 0 Å². The molecule has 82 valence electrons. The Morgan fingerprint density at radius 2 is 2.33 bits per heavy atom. The van der Waals surface area contributed by atoms with Crippen molar-refractivity contribution >= 4 is 15.9 Å². The molecule has 1 unspecified atom stereocenters. The third-order valence-electron chi connectivity index (χ3n) is 2.45. The summed E-state index contributed by atoms with van der Waals surface area (Å²) in [7, 11) is 0. The van der Waals surface area contributed by atoms with Crippen LogP contribution in [0.5, 0.6) is 5.75 Å². The van der Waals surface area contributed by atoms with E-state index in [2.05, 4.69) is 21.2 Å². The predicted octanol–water partition coefficient (Wildman–Crippen LogP) is 2.72. The summed E-state index contributed by atoms with van der Waals surface area (Å²) in [6.07, 6.45) is 2.31. The number of benzene rings is 1. The van der Waals surface area contributed by atoms with Crippen molar-refractivity contribution in [2.24, 2.45) is 0 Å². The first kappa shape index (κ1) is 10.9. The molecular formula is C11H13BrFNO. The van der Waals surface area contributed by atoms with Crippen LogP contribution in [-0.2, 0) is 0 Å². The monoisotopic (exact) mass is 273 g/mol. The zero-order valence-corrected chi connectivity index (χ0v) is 9.89. The first-order chi connectivity index (χ1) is 7.25. The van der Waals surface area contributed by atoms with Crippen LogP contribution in [-0.4, -0.2) is 19.2 Å². The zero-order chi connectivity index (χ0) is 10.7. The molecule has 0 radical (unpaired) electrons. The molecule has 0 bridgehead atoms. The minimum atomic E-state index is -0.281. The average Bonchev–Trinajstić information content (AvgIpc) is 2.25. The van der Waals surface area contributed by atoms with Crippen LogP contribution < -0.4 is 10.1 Å². The Hall–Kier alpha value is -0.610. The highest BCUT2D eigenvalue weighted by atomic mass is 79.9. The Labute approximate surface area is 96.9 Å². The van der Waals surface area contributed by atoms with E-state index >= 15 is 0 Å². The highest BCUT2D eigenvalue weighted by Gasteiger charge is 2.14. The van der Waals surface area contributed by atoms with Gasteiger partial charge in [-0.1, -0.05) is 0 Å². The first-order valence-corrected chi connectivity index (χ1v) is 5.87. The molecule has 0 aliphatic carbocycles. The lowest BCUT2D eigenvalue weighted by Gasteiger charge is -2.23. The number of hydrogen-bond donors (Lipinski definition) is 1. The van der Waals surface area contributed by atoms with Crippen molar-refractivity contribution < 1.29 is 9.13 Å². The second-order valence-electron chi connectivity index (χ2n) is 3.66. The van der Waals surface area contributed by atoms with Crippen molar-refractivity contribution in [3.63, 3.8) is 0 Å². The topological polar surface area (TPSA) is 21.3 Å². The number of ether oxygens (including phenoxy) is 1. The molecule has 1 aromatic carbocycles. The quantitative estimate of drug-likeness (QED) is 0.895. The molecule has 1 saturated heterocycles. The molecule has 2 rings (SSSR count). The van der Waals surface area contributed by atoms with E-state index in [9.17, 15) is 4.39 Å². The van der Waals surface area contributed by atoms with Gasteiger partial charge in [0.15, 0.2) is 0 Å². The van der Waals surface area contributed by atoms with Gasteiger partial charge in [-0.2, -0.15) is 0 Å². The zero-order valence-electron chi connectivity index (χ0n) is 8.30. The van der Waals surface area contributed by atoms with Crippen LogP contribution in [0, 0.1) is 5.82 Å². The molecule has 0 amide bonds. The first-order valence-electron chi connectivity index (χ1n) is 5.08. The van der Waals surface area contributed by atoms with Gasteiger partial charge in [-0.25, -0.2) is 4.39 Å². The fraction of sp³-hybridized carbons (Fsp3) is 0.455. The number of nitrogens with one attached hydrogen (secondary N) is 1. The number of halogens is 2. The van der Waals surface area contributed by atoms with Crippen LogP contribution in [0.25, 0.3) is 0 Å². The summed E-state index contributed by atoms with van der Waals surface area (Å²) in [5.41, 5.74) is 0. The summed E-state index contributed by atoms with van der Waals surface area (Å²) in [4.78, 5) is 0. The van der Waals surface area contributed by atoms with Gasteiger partial charge in [0.05, 0.1) is 4.47 Å². The molecule has 1 atom stereocenters. The lowest BCUT2D eigenvalue weighted by Crippen LogP contribution is -2.37. The van der Waals surface area contributed by atoms with E-state index in [1.165, 1.54) is 6.07 Å². The van der Waals surface area contributed by atoms with E-state index in [0.717, 1.165) is 25.9 Å². The molecule has 1 aromatic rings. The van der Waals surface area contributed by atoms with Gasteiger partial charge in [0, 0.05) is 12.6 Å². The van der Waals surface area contributed by atoms with Crippen molar-refractivity contribution in [3.05, 3.63) is 28.5 Å². The van der Waals surface area contributed by atoms with Crippen molar-refractivity contribution in [1.82, 2.24) is 5.32 Å². The smallest absolute Gasteiger partial charge is 0.141 e. The molecule has 2 nitrogen and oxygen atoms in total. The van der Waals surface area contributed by atoms with E-state index < -0.39 is 0 Å². The van der Waals surface area contributed by atoms with Crippen LogP contribution in [0.15, 0.2) is 22.7 Å². The Bertz CT molecular complexity index is 339. The van der Waals surface area contributed by atoms with Gasteiger partial charge in [-0.3, -0.25) is 0 Å². The number of rotatable bonds is 2. The summed E-state index contributed by atoms with van der Waals surface area (Å²) in [6, 6.07) is 4.86. The van der Waals surface area contributed by atoms with Crippen LogP contribution in [0.1, 0.15) is 12.8 Å². The molecular weight excluding hydrogens is 261 g/mol. The molecule has 0 spiro atoms. The molecule has 15 heavy (non-hydrogen) atoms. The Balaban J connectivity index is 2.00. The highest BCUT2D eigenvalue weighted by Crippen LogP contribution is 2.22. The lowest BCUT2D eigenvalue weighted by molar-refractivity contribution is 0.166. The van der Waals surface area contributed by atoms with E-state index in [1.807, 2.05) is 0 Å². The maximum atomic E-state index is 13.2. The fourth-order valence-corrected chi connectivity index (χ4v) is 1.91. The fourth-order valence-electron chi connectivity index (χ4n) is 1.66. The number of hydrogen-bond acceptors (Lipinski definition) is 2. The minimum absolute atomic E-state index is 0.166. The van der Waals surface area contributed by atoms with Gasteiger partial charge in [0.2, 0.25) is 0 Å². The third-order valence-corrected chi connectivity index (χ3v) is 3.09. The molecule has 1 fully saturated rings. The Kier molecular flexibility index (Phi) is 3.59. The SMILES string of the molecule is Fc1cc(OC2CCCNC2)ccc1Br. The molecule has 1 heterocycles. The summed E-state index contributed by atoms with van der Waals surface area (Å²) >= 11 is 3.11. The summed E-state index contributed by atoms with van der Waals surface area (Å²) in [5.74, 6) is 0.320. The van der Waals surface area contributed by atoms with E-state index in [4.69, 9.17) is 4.74 Å². The van der Waals surface area contributed by atoms with Crippen molar-refractivity contribution in [2.75, 3.05) is 13.1 Å². The van der Waals surface area contributed by atoms with E-state index in [-0.39, 0.29) is 11.9 Å². The van der Waals surface area contributed by atoms with Gasteiger partial charge in [0.25, 0.3) is 0 Å². The molecule has 4 heteroatoms. The van der Waals surface area contributed by atoms with Gasteiger partial charge in [0.1, 0.15) is 17.7 Å². The highest BCUT2D eigenvalue weighted by molar-refractivity contribution is 9.10. The lowest BCUT2D eigenvalue weighted by atomic mass is 10.1. The van der Waals surface area contributed by atoms with E-state index in [1.54, 1.807) is 12.1 Å². The summed E-state index contributed by atoms with van der Waals surface area (Å²) in [5, 5.41) is 3.25. The van der Waals surface area contributed by atoms with Crippen LogP contribution in [0.4, 0.5) is 4.39 Å².